The third kappa shape index (κ3) is 2.99. The lowest BCUT2D eigenvalue weighted by molar-refractivity contribution is 0.124. The maximum absolute atomic E-state index is 11.3. The van der Waals surface area contributed by atoms with Gasteiger partial charge in [-0.1, -0.05) is 36.3 Å². The first-order chi connectivity index (χ1) is 14.9. The van der Waals surface area contributed by atoms with Gasteiger partial charge in [-0.25, -0.2) is 4.98 Å². The molecule has 6 rings (SSSR count). The van der Waals surface area contributed by atoms with Crippen LogP contribution in [0.2, 0.25) is 0 Å². The molecule has 0 bridgehead atoms. The van der Waals surface area contributed by atoms with Crippen LogP contribution in [0.3, 0.4) is 0 Å². The van der Waals surface area contributed by atoms with Gasteiger partial charge in [-0.15, -0.1) is 0 Å². The van der Waals surface area contributed by atoms with Crippen LogP contribution in [0.1, 0.15) is 63.3 Å². The van der Waals surface area contributed by atoms with E-state index < -0.39 is 6.10 Å². The molecule has 5 unspecified atom stereocenters. The molecule has 0 aliphatic heterocycles. The second kappa shape index (κ2) is 6.91. The van der Waals surface area contributed by atoms with E-state index in [-0.39, 0.29) is 11.5 Å². The molecule has 2 N–H and O–H groups in total. The van der Waals surface area contributed by atoms with Gasteiger partial charge in [0.15, 0.2) is 11.5 Å². The monoisotopic (exact) mass is 417 g/mol. The fourth-order valence-corrected chi connectivity index (χ4v) is 6.94. The molecule has 4 heteroatoms. The highest BCUT2D eigenvalue weighted by atomic mass is 16.3. The van der Waals surface area contributed by atoms with E-state index in [1.54, 1.807) is 0 Å². The molecule has 0 amide bonds. The van der Waals surface area contributed by atoms with Crippen molar-refractivity contribution in [2.45, 2.75) is 71.0 Å². The zero-order valence-corrected chi connectivity index (χ0v) is 18.4. The zero-order valence-electron chi connectivity index (χ0n) is 18.4. The lowest BCUT2D eigenvalue weighted by Gasteiger charge is -2.43. The number of hydrogen-bond donors (Lipinski definition) is 2. The van der Waals surface area contributed by atoms with Gasteiger partial charge in [0, 0.05) is 12.3 Å². The molecule has 31 heavy (non-hydrogen) atoms. The fraction of sp³-hybridized carbons (Fsp3) is 0.519. The Bertz CT molecular complexity index is 1150. The smallest absolute Gasteiger partial charge is 0.192 e. The summed E-state index contributed by atoms with van der Waals surface area (Å²) in [4.78, 5) is 4.44. The molecule has 4 nitrogen and oxygen atoms in total. The Kier molecular flexibility index (Phi) is 4.35. The van der Waals surface area contributed by atoms with E-state index in [0.717, 1.165) is 61.6 Å². The number of allylic oxidation sites excluding steroid dienone is 3. The van der Waals surface area contributed by atoms with E-state index in [9.17, 15) is 10.2 Å². The van der Waals surface area contributed by atoms with Gasteiger partial charge in [0.25, 0.3) is 0 Å². The Morgan fingerprint density at radius 1 is 1.16 bits per heavy atom. The first kappa shape index (κ1) is 19.5. The fourth-order valence-electron chi connectivity index (χ4n) is 6.94. The van der Waals surface area contributed by atoms with Crippen molar-refractivity contribution >= 4 is 16.7 Å². The Labute approximate surface area is 183 Å². The number of oxazole rings is 1. The summed E-state index contributed by atoms with van der Waals surface area (Å²) >= 11 is 0. The molecule has 1 fully saturated rings. The number of aliphatic hydroxyl groups excluding tert-OH is 2. The van der Waals surface area contributed by atoms with E-state index in [2.05, 4.69) is 42.3 Å². The Morgan fingerprint density at radius 2 is 2.03 bits per heavy atom. The minimum Gasteiger partial charge on any atom is -0.441 e. The summed E-state index contributed by atoms with van der Waals surface area (Å²) in [6.07, 6.45) is 10.8. The molecular formula is C27H31NO3. The van der Waals surface area contributed by atoms with Gasteiger partial charge in [-0.05, 0) is 85.6 Å². The normalized spacial score (nSPS) is 35.2. The molecule has 4 aliphatic carbocycles. The summed E-state index contributed by atoms with van der Waals surface area (Å²) in [6, 6.07) is 6.33. The van der Waals surface area contributed by atoms with Gasteiger partial charge >= 0.3 is 0 Å². The highest BCUT2D eigenvalue weighted by Crippen LogP contribution is 2.59. The Balaban J connectivity index is 1.38. The van der Waals surface area contributed by atoms with Crippen LogP contribution in [0.5, 0.6) is 0 Å². The van der Waals surface area contributed by atoms with E-state index in [1.807, 2.05) is 6.92 Å². The van der Waals surface area contributed by atoms with Crippen LogP contribution in [-0.2, 0) is 0 Å². The van der Waals surface area contributed by atoms with Gasteiger partial charge in [0.1, 0.15) is 5.52 Å². The number of fused-ring (bicyclic) bond motifs is 4. The molecule has 0 radical (unpaired) electrons. The third-order valence-electron chi connectivity index (χ3n) is 8.46. The number of aliphatic hydroxyl groups is 2. The van der Waals surface area contributed by atoms with E-state index in [1.165, 1.54) is 22.3 Å². The van der Waals surface area contributed by atoms with Crippen molar-refractivity contribution < 1.29 is 14.6 Å². The highest BCUT2D eigenvalue weighted by Gasteiger charge is 2.49. The van der Waals surface area contributed by atoms with Crippen molar-refractivity contribution in [3.05, 3.63) is 58.5 Å². The predicted molar refractivity (Wildman–Crippen MR) is 121 cm³/mol. The van der Waals surface area contributed by atoms with Gasteiger partial charge in [-0.2, -0.15) is 0 Å². The van der Waals surface area contributed by atoms with Gasteiger partial charge in [-0.3, -0.25) is 0 Å². The molecule has 162 valence electrons. The average Bonchev–Trinajstić information content (AvgIpc) is 3.19. The van der Waals surface area contributed by atoms with Crippen molar-refractivity contribution in [3.63, 3.8) is 0 Å². The van der Waals surface area contributed by atoms with E-state index in [4.69, 9.17) is 4.42 Å². The van der Waals surface area contributed by atoms with Crippen LogP contribution in [0.25, 0.3) is 16.7 Å². The van der Waals surface area contributed by atoms with E-state index in [0.29, 0.717) is 17.7 Å². The number of nitrogens with zero attached hydrogens (tertiary/aromatic N) is 1. The number of aryl methyl sites for hydroxylation is 1. The van der Waals surface area contributed by atoms with Gasteiger partial charge in [0.05, 0.1) is 12.2 Å². The van der Waals surface area contributed by atoms with Crippen molar-refractivity contribution in [3.8, 4) is 0 Å². The summed E-state index contributed by atoms with van der Waals surface area (Å²) < 4.78 is 5.80. The Morgan fingerprint density at radius 3 is 2.90 bits per heavy atom. The van der Waals surface area contributed by atoms with Gasteiger partial charge in [0.2, 0.25) is 0 Å². The molecule has 1 saturated carbocycles. The SMILES string of the molecule is Cc1nc2ccc(C3=CCC4C5=C(C=C6CC(O)CCC6CC5)C(O)CC34C)cc2o1. The van der Waals surface area contributed by atoms with E-state index >= 15 is 0 Å². The first-order valence-corrected chi connectivity index (χ1v) is 11.8. The standard InChI is InChI=1S/C27H31NO3/c1-15-28-24-10-5-17(13-26(24)31-15)22-8-9-23-20-7-4-16-3-6-19(29)11-18(16)12-21(20)25(30)14-27(22,23)2/h5,8,10,12-13,16,19,23,25,29-30H,3-4,6-7,9,11,14H2,1-2H3. The topological polar surface area (TPSA) is 66.5 Å². The quantitative estimate of drug-likeness (QED) is 0.644. The largest absolute Gasteiger partial charge is 0.441 e. The number of hydrogen-bond acceptors (Lipinski definition) is 4. The lowest BCUT2D eigenvalue weighted by atomic mass is 9.61. The number of benzene rings is 1. The molecule has 4 aliphatic rings. The first-order valence-electron chi connectivity index (χ1n) is 11.8. The molecule has 2 aromatic rings. The number of aromatic nitrogens is 1. The maximum Gasteiger partial charge on any atom is 0.192 e. The summed E-state index contributed by atoms with van der Waals surface area (Å²) in [5.74, 6) is 1.70. The minimum absolute atomic E-state index is 0.0749. The van der Waals surface area contributed by atoms with Crippen LogP contribution in [0, 0.1) is 24.2 Å². The van der Waals surface area contributed by atoms with Crippen LogP contribution >= 0.6 is 0 Å². The van der Waals surface area contributed by atoms with Gasteiger partial charge < -0.3 is 14.6 Å². The van der Waals surface area contributed by atoms with Crippen LogP contribution < -0.4 is 0 Å². The van der Waals surface area contributed by atoms with Crippen molar-refractivity contribution in [1.82, 2.24) is 4.98 Å². The lowest BCUT2D eigenvalue weighted by Crippen LogP contribution is -2.37. The summed E-state index contributed by atoms with van der Waals surface area (Å²) in [6.45, 7) is 4.22. The molecule has 0 saturated heterocycles. The van der Waals surface area contributed by atoms with Crippen molar-refractivity contribution in [1.29, 1.82) is 0 Å². The second-order valence-corrected chi connectivity index (χ2v) is 10.3. The zero-order chi connectivity index (χ0) is 21.3. The van der Waals surface area contributed by atoms with Crippen LogP contribution in [0.15, 0.2) is 51.5 Å². The molecule has 1 aromatic carbocycles. The summed E-state index contributed by atoms with van der Waals surface area (Å²) in [5, 5.41) is 21.5. The predicted octanol–water partition coefficient (Wildman–Crippen LogP) is 5.49. The molecule has 5 atom stereocenters. The highest BCUT2D eigenvalue weighted by molar-refractivity contribution is 5.82. The van der Waals surface area contributed by atoms with Crippen molar-refractivity contribution in [2.75, 3.05) is 0 Å². The molecule has 0 spiro atoms. The Hall–Kier alpha value is -2.17. The van der Waals surface area contributed by atoms with Crippen molar-refractivity contribution in [2.24, 2.45) is 17.3 Å². The number of rotatable bonds is 1. The van der Waals surface area contributed by atoms with Crippen LogP contribution in [0.4, 0.5) is 0 Å². The molecule has 1 heterocycles. The summed E-state index contributed by atoms with van der Waals surface area (Å²) in [5.41, 5.74) is 8.16. The minimum atomic E-state index is -0.445. The molecule has 1 aromatic heterocycles. The summed E-state index contributed by atoms with van der Waals surface area (Å²) in [7, 11) is 0. The average molecular weight is 418 g/mol. The van der Waals surface area contributed by atoms with Crippen LogP contribution in [-0.4, -0.2) is 27.4 Å². The maximum atomic E-state index is 11.3. The second-order valence-electron chi connectivity index (χ2n) is 10.3. The molecular weight excluding hydrogens is 386 g/mol. The third-order valence-corrected chi connectivity index (χ3v) is 8.46.